The number of carbonyl (C=O) groups is 1. The summed E-state index contributed by atoms with van der Waals surface area (Å²) in [6.45, 7) is 8.63. The topological polar surface area (TPSA) is 46.3 Å². The summed E-state index contributed by atoms with van der Waals surface area (Å²) in [6, 6.07) is 0. The zero-order valence-electron chi connectivity index (χ0n) is 13.7. The molecule has 0 atom stereocenters. The van der Waals surface area contributed by atoms with Crippen molar-refractivity contribution in [3.8, 4) is 0 Å². The minimum atomic E-state index is 0.255. The minimum Gasteiger partial charge on any atom is -0.393 e. The molecule has 2 N–H and O–H groups in total. The zero-order valence-corrected chi connectivity index (χ0v) is 14.5. The van der Waals surface area contributed by atoms with Crippen molar-refractivity contribution in [3.63, 3.8) is 0 Å². The fraction of sp³-hybridized carbons (Fsp3) is 0.882. The SMILES string of the molecule is CC(C)(C)C1CCC(C(=O)N2CCC(C(N)=S)CC2)CC1. The fourth-order valence-electron chi connectivity index (χ4n) is 3.85. The number of amides is 1. The average Bonchev–Trinajstić information content (AvgIpc) is 2.46. The van der Waals surface area contributed by atoms with Crippen molar-refractivity contribution in [1.29, 1.82) is 0 Å². The zero-order chi connectivity index (χ0) is 15.6. The van der Waals surface area contributed by atoms with Crippen LogP contribution in [0.25, 0.3) is 0 Å². The van der Waals surface area contributed by atoms with Gasteiger partial charge in [0.2, 0.25) is 5.91 Å². The Morgan fingerprint density at radius 3 is 1.95 bits per heavy atom. The molecule has 1 heterocycles. The lowest BCUT2D eigenvalue weighted by atomic mass is 9.69. The Morgan fingerprint density at radius 1 is 1.00 bits per heavy atom. The molecule has 1 aliphatic heterocycles. The van der Waals surface area contributed by atoms with Gasteiger partial charge in [-0.2, -0.15) is 0 Å². The van der Waals surface area contributed by atoms with Crippen LogP contribution in [0.2, 0.25) is 0 Å². The highest BCUT2D eigenvalue weighted by Gasteiger charge is 2.35. The summed E-state index contributed by atoms with van der Waals surface area (Å²) >= 11 is 5.07. The first-order valence-corrected chi connectivity index (χ1v) is 8.78. The molecule has 2 aliphatic rings. The van der Waals surface area contributed by atoms with E-state index in [0.29, 0.717) is 22.2 Å². The monoisotopic (exact) mass is 310 g/mol. The average molecular weight is 311 g/mol. The number of likely N-dealkylation sites (tertiary alicyclic amines) is 1. The van der Waals surface area contributed by atoms with Crippen LogP contribution in [0.3, 0.4) is 0 Å². The van der Waals surface area contributed by atoms with Crippen LogP contribution >= 0.6 is 12.2 Å². The maximum atomic E-state index is 12.6. The molecule has 0 aromatic heterocycles. The Bertz CT molecular complexity index is 386. The van der Waals surface area contributed by atoms with Crippen molar-refractivity contribution < 1.29 is 4.79 Å². The van der Waals surface area contributed by atoms with Crippen molar-refractivity contribution in [1.82, 2.24) is 4.90 Å². The van der Waals surface area contributed by atoms with E-state index in [2.05, 4.69) is 25.7 Å². The van der Waals surface area contributed by atoms with Gasteiger partial charge < -0.3 is 10.6 Å². The van der Waals surface area contributed by atoms with Crippen LogP contribution < -0.4 is 5.73 Å². The first-order valence-electron chi connectivity index (χ1n) is 8.37. The molecule has 1 saturated heterocycles. The van der Waals surface area contributed by atoms with E-state index in [1.54, 1.807) is 0 Å². The smallest absolute Gasteiger partial charge is 0.225 e. The number of nitrogens with two attached hydrogens (primary N) is 1. The highest BCUT2D eigenvalue weighted by Crippen LogP contribution is 2.40. The van der Waals surface area contributed by atoms with Crippen molar-refractivity contribution >= 4 is 23.1 Å². The Morgan fingerprint density at radius 2 is 1.52 bits per heavy atom. The number of piperidine rings is 1. The van der Waals surface area contributed by atoms with Gasteiger partial charge in [-0.15, -0.1) is 0 Å². The van der Waals surface area contributed by atoms with E-state index in [0.717, 1.165) is 44.7 Å². The van der Waals surface area contributed by atoms with Gasteiger partial charge in [-0.3, -0.25) is 4.79 Å². The predicted molar refractivity (Wildman–Crippen MR) is 91.0 cm³/mol. The second-order valence-electron chi connectivity index (χ2n) is 7.92. The van der Waals surface area contributed by atoms with E-state index in [1.807, 2.05) is 0 Å². The molecule has 0 radical (unpaired) electrons. The predicted octanol–water partition coefficient (Wildman–Crippen LogP) is 3.36. The lowest BCUT2D eigenvalue weighted by Crippen LogP contribution is -2.44. The lowest BCUT2D eigenvalue weighted by Gasteiger charge is -2.39. The minimum absolute atomic E-state index is 0.255. The van der Waals surface area contributed by atoms with Crippen LogP contribution in [-0.2, 0) is 4.79 Å². The maximum absolute atomic E-state index is 12.6. The molecule has 1 amide bonds. The van der Waals surface area contributed by atoms with E-state index >= 15 is 0 Å². The standard InChI is InChI=1S/C17H30N2OS/c1-17(2,3)14-6-4-13(5-7-14)16(20)19-10-8-12(9-11-19)15(18)21/h12-14H,4-11H2,1-3H3,(H2,18,21). The van der Waals surface area contributed by atoms with Crippen molar-refractivity contribution in [2.75, 3.05) is 13.1 Å². The summed E-state index contributed by atoms with van der Waals surface area (Å²) in [5.74, 6) is 1.73. The van der Waals surface area contributed by atoms with Crippen LogP contribution in [-0.4, -0.2) is 28.9 Å². The largest absolute Gasteiger partial charge is 0.393 e. The number of hydrogen-bond donors (Lipinski definition) is 1. The summed E-state index contributed by atoms with van der Waals surface area (Å²) in [5.41, 5.74) is 6.09. The first kappa shape index (κ1) is 16.7. The number of thiocarbonyl (C=S) groups is 1. The quantitative estimate of drug-likeness (QED) is 0.796. The molecule has 3 nitrogen and oxygen atoms in total. The molecule has 1 aliphatic carbocycles. The lowest BCUT2D eigenvalue weighted by molar-refractivity contribution is -0.138. The summed E-state index contributed by atoms with van der Waals surface area (Å²) in [5, 5.41) is 0. The van der Waals surface area contributed by atoms with Gasteiger partial charge in [0.1, 0.15) is 0 Å². The number of carbonyl (C=O) groups excluding carboxylic acids is 1. The highest BCUT2D eigenvalue weighted by molar-refractivity contribution is 7.80. The van der Waals surface area contributed by atoms with Crippen molar-refractivity contribution in [3.05, 3.63) is 0 Å². The molecule has 4 heteroatoms. The van der Waals surface area contributed by atoms with Crippen LogP contribution in [0.4, 0.5) is 0 Å². The molecule has 0 spiro atoms. The Balaban J connectivity index is 1.82. The van der Waals surface area contributed by atoms with Crippen LogP contribution in [0.1, 0.15) is 59.3 Å². The number of hydrogen-bond acceptors (Lipinski definition) is 2. The van der Waals surface area contributed by atoms with Gasteiger partial charge in [-0.25, -0.2) is 0 Å². The molecule has 0 aromatic carbocycles. The van der Waals surface area contributed by atoms with Gasteiger partial charge in [-0.1, -0.05) is 33.0 Å². The molecule has 0 unspecified atom stereocenters. The van der Waals surface area contributed by atoms with E-state index in [9.17, 15) is 4.79 Å². The summed E-state index contributed by atoms with van der Waals surface area (Å²) < 4.78 is 0. The molecule has 120 valence electrons. The van der Waals surface area contributed by atoms with Gasteiger partial charge in [0.15, 0.2) is 0 Å². The number of nitrogens with zero attached hydrogens (tertiary/aromatic N) is 1. The summed E-state index contributed by atoms with van der Waals surface area (Å²) in [4.78, 5) is 15.3. The van der Waals surface area contributed by atoms with Gasteiger partial charge in [0.05, 0.1) is 4.99 Å². The summed E-state index contributed by atoms with van der Waals surface area (Å²) in [7, 11) is 0. The first-order chi connectivity index (χ1) is 9.79. The Labute approximate surface area is 134 Å². The second-order valence-corrected chi connectivity index (χ2v) is 8.39. The molecule has 0 aromatic rings. The molecule has 1 saturated carbocycles. The van der Waals surface area contributed by atoms with Crippen LogP contribution in [0.5, 0.6) is 0 Å². The molecule has 21 heavy (non-hydrogen) atoms. The Hall–Kier alpha value is -0.640. The van der Waals surface area contributed by atoms with Crippen LogP contribution in [0.15, 0.2) is 0 Å². The van der Waals surface area contributed by atoms with Crippen LogP contribution in [0, 0.1) is 23.2 Å². The van der Waals surface area contributed by atoms with E-state index in [4.69, 9.17) is 18.0 Å². The third-order valence-electron chi connectivity index (χ3n) is 5.51. The fourth-order valence-corrected chi connectivity index (χ4v) is 4.08. The normalized spacial score (nSPS) is 28.4. The van der Waals surface area contributed by atoms with Crippen molar-refractivity contribution in [2.24, 2.45) is 28.9 Å². The molecule has 0 bridgehead atoms. The highest BCUT2D eigenvalue weighted by atomic mass is 32.1. The third-order valence-corrected chi connectivity index (χ3v) is 5.84. The molecule has 2 rings (SSSR count). The molecular weight excluding hydrogens is 280 g/mol. The Kier molecular flexibility index (Phi) is 5.29. The summed E-state index contributed by atoms with van der Waals surface area (Å²) in [6.07, 6.45) is 6.41. The number of rotatable bonds is 2. The van der Waals surface area contributed by atoms with E-state index in [1.165, 1.54) is 12.8 Å². The third kappa shape index (κ3) is 4.18. The maximum Gasteiger partial charge on any atom is 0.225 e. The van der Waals surface area contributed by atoms with E-state index < -0.39 is 0 Å². The van der Waals surface area contributed by atoms with Gasteiger partial charge >= 0.3 is 0 Å². The van der Waals surface area contributed by atoms with E-state index in [-0.39, 0.29) is 5.92 Å². The molecule has 2 fully saturated rings. The van der Waals surface area contributed by atoms with Gasteiger partial charge in [-0.05, 0) is 49.9 Å². The van der Waals surface area contributed by atoms with Gasteiger partial charge in [0, 0.05) is 24.9 Å². The molecular formula is C17H30N2OS. The van der Waals surface area contributed by atoms with Gasteiger partial charge in [0.25, 0.3) is 0 Å². The second kappa shape index (κ2) is 6.64. The van der Waals surface area contributed by atoms with Crippen molar-refractivity contribution in [2.45, 2.75) is 59.3 Å².